The number of rotatable bonds is 2. The molecule has 0 aliphatic carbocycles. The number of phenolic OH excluding ortho intramolecular Hbond substituents is 1. The monoisotopic (exact) mass is 299 g/mol. The maximum atomic E-state index is 11.8. The molecule has 6 nitrogen and oxygen atoms in total. The Morgan fingerprint density at radius 1 is 1.37 bits per heavy atom. The fourth-order valence-electron chi connectivity index (χ4n) is 1.31. The van der Waals surface area contributed by atoms with E-state index in [1.54, 1.807) is 0 Å². The van der Waals surface area contributed by atoms with Gasteiger partial charge in [0.2, 0.25) is 0 Å². The zero-order chi connectivity index (χ0) is 14.0. The third-order valence-electron chi connectivity index (χ3n) is 2.18. The van der Waals surface area contributed by atoms with Crippen LogP contribution in [0.5, 0.6) is 5.75 Å². The molecule has 0 fully saturated rings. The third kappa shape index (κ3) is 3.04. The van der Waals surface area contributed by atoms with E-state index < -0.39 is 11.5 Å². The van der Waals surface area contributed by atoms with E-state index in [0.29, 0.717) is 0 Å². The van der Waals surface area contributed by atoms with Crippen LogP contribution in [0.2, 0.25) is 10.0 Å². The van der Waals surface area contributed by atoms with E-state index in [-0.39, 0.29) is 27.2 Å². The lowest BCUT2D eigenvalue weighted by atomic mass is 10.2. The number of carbonyl (C=O) groups is 1. The predicted octanol–water partition coefficient (Wildman–Crippen LogP) is 2.03. The SMILES string of the molecule is O=C(Nc1cc(Cl)cc(Cl)c1O)c1c[nH]c(=O)cn1. The standard InChI is InChI=1S/C11H7Cl2N3O3/c12-5-1-6(13)10(18)7(2-5)16-11(19)8-3-15-9(17)4-14-8/h1-4,18H,(H,15,17)(H,16,19). The van der Waals surface area contributed by atoms with E-state index in [1.807, 2.05) is 0 Å². The van der Waals surface area contributed by atoms with Crippen LogP contribution in [0.4, 0.5) is 5.69 Å². The van der Waals surface area contributed by atoms with Gasteiger partial charge in [-0.15, -0.1) is 0 Å². The molecule has 0 radical (unpaired) electrons. The van der Waals surface area contributed by atoms with E-state index >= 15 is 0 Å². The van der Waals surface area contributed by atoms with Gasteiger partial charge < -0.3 is 15.4 Å². The number of amides is 1. The average Bonchev–Trinajstić information content (AvgIpc) is 2.36. The molecule has 1 aromatic heterocycles. The number of hydrogen-bond donors (Lipinski definition) is 3. The van der Waals surface area contributed by atoms with Crippen LogP contribution in [0, 0.1) is 0 Å². The normalized spacial score (nSPS) is 10.2. The van der Waals surface area contributed by atoms with Gasteiger partial charge in [-0.2, -0.15) is 0 Å². The van der Waals surface area contributed by atoms with Crippen molar-refractivity contribution in [1.82, 2.24) is 9.97 Å². The minimum Gasteiger partial charge on any atom is -0.504 e. The minimum atomic E-state index is -0.620. The first-order valence-electron chi connectivity index (χ1n) is 5.01. The average molecular weight is 300 g/mol. The van der Waals surface area contributed by atoms with Crippen molar-refractivity contribution in [2.24, 2.45) is 0 Å². The number of hydrogen-bond acceptors (Lipinski definition) is 4. The van der Waals surface area contributed by atoms with Crippen molar-refractivity contribution in [3.63, 3.8) is 0 Å². The number of H-pyrrole nitrogens is 1. The molecule has 3 N–H and O–H groups in total. The van der Waals surface area contributed by atoms with Crippen LogP contribution in [-0.4, -0.2) is 21.0 Å². The van der Waals surface area contributed by atoms with E-state index in [4.69, 9.17) is 23.2 Å². The summed E-state index contributed by atoms with van der Waals surface area (Å²) in [6, 6.07) is 2.68. The molecule has 0 aliphatic heterocycles. The molecule has 0 atom stereocenters. The van der Waals surface area contributed by atoms with Crippen LogP contribution in [0.25, 0.3) is 0 Å². The number of nitrogens with zero attached hydrogens (tertiary/aromatic N) is 1. The van der Waals surface area contributed by atoms with Gasteiger partial charge in [0.15, 0.2) is 5.75 Å². The van der Waals surface area contributed by atoms with Gasteiger partial charge in [0.1, 0.15) is 5.69 Å². The number of nitrogens with one attached hydrogen (secondary N) is 2. The smallest absolute Gasteiger partial charge is 0.275 e. The minimum absolute atomic E-state index is 0.0113. The Balaban J connectivity index is 2.29. The Kier molecular flexibility index (Phi) is 3.73. The van der Waals surface area contributed by atoms with Crippen molar-refractivity contribution >= 4 is 34.8 Å². The van der Waals surface area contributed by atoms with E-state index in [1.165, 1.54) is 12.1 Å². The third-order valence-corrected chi connectivity index (χ3v) is 2.69. The van der Waals surface area contributed by atoms with Crippen LogP contribution >= 0.6 is 23.2 Å². The maximum Gasteiger partial charge on any atom is 0.275 e. The highest BCUT2D eigenvalue weighted by Gasteiger charge is 2.13. The molecule has 2 aromatic rings. The number of halogens is 2. The Morgan fingerprint density at radius 3 is 2.74 bits per heavy atom. The number of aromatic nitrogens is 2. The lowest BCUT2D eigenvalue weighted by Crippen LogP contribution is -2.17. The largest absolute Gasteiger partial charge is 0.504 e. The lowest BCUT2D eigenvalue weighted by Gasteiger charge is -2.08. The fourth-order valence-corrected chi connectivity index (χ4v) is 1.81. The summed E-state index contributed by atoms with van der Waals surface area (Å²) in [5, 5.41) is 12.3. The van der Waals surface area contributed by atoms with Crippen LogP contribution in [-0.2, 0) is 0 Å². The van der Waals surface area contributed by atoms with Crippen molar-refractivity contribution in [1.29, 1.82) is 0 Å². The Hall–Kier alpha value is -2.05. The van der Waals surface area contributed by atoms with Gasteiger partial charge in [0, 0.05) is 11.2 Å². The number of carbonyl (C=O) groups excluding carboxylic acids is 1. The summed E-state index contributed by atoms with van der Waals surface area (Å²) in [6.45, 7) is 0. The molecule has 98 valence electrons. The Bertz CT molecular complexity index is 680. The summed E-state index contributed by atoms with van der Waals surface area (Å²) in [4.78, 5) is 28.6. The molecule has 0 aliphatic rings. The zero-order valence-electron chi connectivity index (χ0n) is 9.28. The summed E-state index contributed by atoms with van der Waals surface area (Å²) in [6.07, 6.45) is 2.13. The van der Waals surface area contributed by atoms with Crippen molar-refractivity contribution in [2.75, 3.05) is 5.32 Å². The second-order valence-corrected chi connectivity index (χ2v) is 4.38. The molecule has 0 saturated heterocycles. The summed E-state index contributed by atoms with van der Waals surface area (Å²) in [7, 11) is 0. The van der Waals surface area contributed by atoms with Gasteiger partial charge in [-0.25, -0.2) is 4.98 Å². The summed E-state index contributed by atoms with van der Waals surface area (Å²) in [5.74, 6) is -0.922. The molecule has 1 heterocycles. The van der Waals surface area contributed by atoms with Gasteiger partial charge in [-0.1, -0.05) is 23.2 Å². The number of phenols is 1. The van der Waals surface area contributed by atoms with Gasteiger partial charge in [-0.3, -0.25) is 9.59 Å². The number of benzene rings is 1. The van der Waals surface area contributed by atoms with Crippen LogP contribution < -0.4 is 10.9 Å². The molecule has 19 heavy (non-hydrogen) atoms. The molecule has 8 heteroatoms. The summed E-state index contributed by atoms with van der Waals surface area (Å²) in [5.41, 5.74) is -0.393. The summed E-state index contributed by atoms with van der Waals surface area (Å²) >= 11 is 11.5. The second-order valence-electron chi connectivity index (χ2n) is 3.53. The predicted molar refractivity (Wildman–Crippen MR) is 70.9 cm³/mol. The summed E-state index contributed by atoms with van der Waals surface area (Å²) < 4.78 is 0. The quantitative estimate of drug-likeness (QED) is 0.740. The maximum absolute atomic E-state index is 11.8. The molecule has 2 rings (SSSR count). The molecule has 0 saturated carbocycles. The lowest BCUT2D eigenvalue weighted by molar-refractivity contribution is 0.102. The van der Waals surface area contributed by atoms with Crippen molar-refractivity contribution in [2.45, 2.75) is 0 Å². The molecular formula is C11H7Cl2N3O3. The zero-order valence-corrected chi connectivity index (χ0v) is 10.8. The Labute approximate surface area is 117 Å². The van der Waals surface area contributed by atoms with E-state index in [2.05, 4.69) is 15.3 Å². The molecule has 0 unspecified atom stereocenters. The topological polar surface area (TPSA) is 95.1 Å². The second kappa shape index (κ2) is 5.29. The van der Waals surface area contributed by atoms with Gasteiger partial charge in [0.25, 0.3) is 11.5 Å². The number of aromatic amines is 1. The number of anilines is 1. The van der Waals surface area contributed by atoms with Gasteiger partial charge in [-0.05, 0) is 12.1 Å². The molecule has 1 aromatic carbocycles. The van der Waals surface area contributed by atoms with Crippen LogP contribution in [0.1, 0.15) is 10.5 Å². The fraction of sp³-hybridized carbons (Fsp3) is 0. The first kappa shape index (κ1) is 13.4. The van der Waals surface area contributed by atoms with Crippen LogP contribution in [0.15, 0.2) is 29.3 Å². The van der Waals surface area contributed by atoms with Gasteiger partial charge in [0.05, 0.1) is 16.9 Å². The Morgan fingerprint density at radius 2 is 2.11 bits per heavy atom. The first-order valence-corrected chi connectivity index (χ1v) is 5.77. The highest BCUT2D eigenvalue weighted by atomic mass is 35.5. The molecule has 0 bridgehead atoms. The highest BCUT2D eigenvalue weighted by Crippen LogP contribution is 2.35. The first-order chi connectivity index (χ1) is 8.97. The van der Waals surface area contributed by atoms with Crippen molar-refractivity contribution in [3.05, 3.63) is 50.6 Å². The van der Waals surface area contributed by atoms with Crippen LogP contribution in [0.3, 0.4) is 0 Å². The highest BCUT2D eigenvalue weighted by molar-refractivity contribution is 6.36. The van der Waals surface area contributed by atoms with Crippen molar-refractivity contribution < 1.29 is 9.90 Å². The molecular weight excluding hydrogens is 293 g/mol. The van der Waals surface area contributed by atoms with E-state index in [9.17, 15) is 14.7 Å². The molecule has 0 spiro atoms. The van der Waals surface area contributed by atoms with Crippen molar-refractivity contribution in [3.8, 4) is 5.75 Å². The van der Waals surface area contributed by atoms with Gasteiger partial charge >= 0.3 is 0 Å². The molecule has 1 amide bonds. The van der Waals surface area contributed by atoms with E-state index in [0.717, 1.165) is 12.4 Å². The number of aromatic hydroxyl groups is 1.